The number of rotatable bonds is 3. The lowest BCUT2D eigenvalue weighted by Crippen LogP contribution is -2.43. The summed E-state index contributed by atoms with van der Waals surface area (Å²) >= 11 is 0. The maximum Gasteiger partial charge on any atom is 0.241 e. The maximum atomic E-state index is 12.4. The molecular formula is C16H22N2O2. The molecule has 1 amide bonds. The number of aliphatic hydroxyl groups excluding tert-OH is 1. The molecule has 1 aliphatic heterocycles. The van der Waals surface area contributed by atoms with Gasteiger partial charge in [-0.15, -0.1) is 0 Å². The molecule has 1 aliphatic carbocycles. The Kier molecular flexibility index (Phi) is 4.03. The van der Waals surface area contributed by atoms with Gasteiger partial charge in [-0.1, -0.05) is 30.7 Å². The van der Waals surface area contributed by atoms with E-state index >= 15 is 0 Å². The van der Waals surface area contributed by atoms with Gasteiger partial charge in [-0.05, 0) is 30.4 Å². The van der Waals surface area contributed by atoms with E-state index in [9.17, 15) is 9.90 Å². The summed E-state index contributed by atoms with van der Waals surface area (Å²) in [5, 5.41) is 16.1. The van der Waals surface area contributed by atoms with E-state index in [-0.39, 0.29) is 24.0 Å². The maximum absolute atomic E-state index is 12.4. The summed E-state index contributed by atoms with van der Waals surface area (Å²) in [6, 6.07) is 7.87. The number of fused-ring (bicyclic) bond motifs is 1. The van der Waals surface area contributed by atoms with E-state index in [1.54, 1.807) is 0 Å². The second-order valence-electron chi connectivity index (χ2n) is 5.84. The normalized spacial score (nSPS) is 28.9. The Morgan fingerprint density at radius 2 is 2.20 bits per heavy atom. The van der Waals surface area contributed by atoms with Crippen molar-refractivity contribution < 1.29 is 9.90 Å². The van der Waals surface area contributed by atoms with E-state index in [0.717, 1.165) is 37.8 Å². The van der Waals surface area contributed by atoms with Crippen LogP contribution in [0.4, 0.5) is 0 Å². The zero-order valence-electron chi connectivity index (χ0n) is 11.6. The lowest BCUT2D eigenvalue weighted by Gasteiger charge is -2.26. The molecule has 3 rings (SSSR count). The molecule has 2 aliphatic rings. The fourth-order valence-electron chi connectivity index (χ4n) is 3.33. The van der Waals surface area contributed by atoms with Crippen molar-refractivity contribution in [3.05, 3.63) is 35.4 Å². The van der Waals surface area contributed by atoms with Crippen LogP contribution in [0.5, 0.6) is 0 Å². The lowest BCUT2D eigenvalue weighted by molar-refractivity contribution is -0.123. The number of carbonyl (C=O) groups excluding carboxylic acids is 1. The molecule has 4 heteroatoms. The SMILES string of the molecule is O=C(NCC1CCCC1O)C1NCCc2ccccc21. The first-order valence-electron chi connectivity index (χ1n) is 7.52. The smallest absolute Gasteiger partial charge is 0.241 e. The zero-order valence-corrected chi connectivity index (χ0v) is 11.6. The molecule has 0 saturated heterocycles. The number of hydrogen-bond donors (Lipinski definition) is 3. The van der Waals surface area contributed by atoms with Crippen molar-refractivity contribution >= 4 is 5.91 Å². The Hall–Kier alpha value is -1.39. The minimum atomic E-state index is -0.251. The number of carbonyl (C=O) groups is 1. The first-order chi connectivity index (χ1) is 9.75. The minimum absolute atomic E-state index is 0.0243. The molecule has 108 valence electrons. The van der Waals surface area contributed by atoms with Gasteiger partial charge < -0.3 is 15.7 Å². The van der Waals surface area contributed by atoms with E-state index in [0.29, 0.717) is 6.54 Å². The van der Waals surface area contributed by atoms with Crippen molar-refractivity contribution in [2.45, 2.75) is 37.8 Å². The standard InChI is InChI=1S/C16H22N2O2/c19-14-7-3-5-12(14)10-18-16(20)15-13-6-2-1-4-11(13)8-9-17-15/h1-2,4,6,12,14-15,17,19H,3,5,7-10H2,(H,18,20). The Bertz CT molecular complexity index is 489. The number of aliphatic hydroxyl groups is 1. The third kappa shape index (κ3) is 2.72. The van der Waals surface area contributed by atoms with Gasteiger partial charge in [0.25, 0.3) is 0 Å². The molecule has 20 heavy (non-hydrogen) atoms. The van der Waals surface area contributed by atoms with Crippen LogP contribution in [0.2, 0.25) is 0 Å². The molecule has 0 aromatic heterocycles. The van der Waals surface area contributed by atoms with Crippen LogP contribution < -0.4 is 10.6 Å². The molecule has 3 atom stereocenters. The molecule has 1 aromatic carbocycles. The Labute approximate surface area is 119 Å². The van der Waals surface area contributed by atoms with Crippen molar-refractivity contribution in [3.63, 3.8) is 0 Å². The van der Waals surface area contributed by atoms with Crippen molar-refractivity contribution in [2.75, 3.05) is 13.1 Å². The number of hydrogen-bond acceptors (Lipinski definition) is 3. The molecule has 3 unspecified atom stereocenters. The topological polar surface area (TPSA) is 61.4 Å². The highest BCUT2D eigenvalue weighted by atomic mass is 16.3. The van der Waals surface area contributed by atoms with Crippen LogP contribution in [0.25, 0.3) is 0 Å². The van der Waals surface area contributed by atoms with E-state index in [1.165, 1.54) is 5.56 Å². The summed E-state index contributed by atoms with van der Waals surface area (Å²) in [6.07, 6.45) is 3.66. The Morgan fingerprint density at radius 1 is 1.35 bits per heavy atom. The van der Waals surface area contributed by atoms with Gasteiger partial charge in [0, 0.05) is 19.0 Å². The largest absolute Gasteiger partial charge is 0.393 e. The average Bonchev–Trinajstić information content (AvgIpc) is 2.89. The molecule has 4 nitrogen and oxygen atoms in total. The Balaban J connectivity index is 1.63. The average molecular weight is 274 g/mol. The monoisotopic (exact) mass is 274 g/mol. The summed E-state index contributed by atoms with van der Waals surface area (Å²) < 4.78 is 0. The quantitative estimate of drug-likeness (QED) is 0.775. The summed E-state index contributed by atoms with van der Waals surface area (Å²) in [5.41, 5.74) is 2.34. The number of amides is 1. The van der Waals surface area contributed by atoms with Gasteiger partial charge in [0.05, 0.1) is 6.10 Å². The van der Waals surface area contributed by atoms with Crippen LogP contribution in [0.1, 0.15) is 36.4 Å². The molecule has 1 aromatic rings. The Morgan fingerprint density at radius 3 is 3.00 bits per heavy atom. The number of benzene rings is 1. The van der Waals surface area contributed by atoms with E-state index < -0.39 is 0 Å². The third-order valence-corrected chi connectivity index (χ3v) is 4.53. The molecule has 3 N–H and O–H groups in total. The van der Waals surface area contributed by atoms with E-state index in [1.807, 2.05) is 18.2 Å². The van der Waals surface area contributed by atoms with Crippen LogP contribution >= 0.6 is 0 Å². The molecule has 0 spiro atoms. The fraction of sp³-hybridized carbons (Fsp3) is 0.562. The van der Waals surface area contributed by atoms with Gasteiger partial charge in [0.15, 0.2) is 0 Å². The van der Waals surface area contributed by atoms with Gasteiger partial charge in [-0.2, -0.15) is 0 Å². The van der Waals surface area contributed by atoms with Crippen LogP contribution in [0.15, 0.2) is 24.3 Å². The van der Waals surface area contributed by atoms with Gasteiger partial charge in [0.2, 0.25) is 5.91 Å². The molecule has 1 saturated carbocycles. The molecule has 1 heterocycles. The minimum Gasteiger partial charge on any atom is -0.393 e. The lowest BCUT2D eigenvalue weighted by atomic mass is 9.94. The van der Waals surface area contributed by atoms with Crippen molar-refractivity contribution in [1.82, 2.24) is 10.6 Å². The number of nitrogens with one attached hydrogen (secondary N) is 2. The molecule has 1 fully saturated rings. The summed E-state index contributed by atoms with van der Waals surface area (Å²) in [7, 11) is 0. The first kappa shape index (κ1) is 13.6. The van der Waals surface area contributed by atoms with E-state index in [2.05, 4.69) is 16.7 Å². The van der Waals surface area contributed by atoms with Crippen LogP contribution in [0.3, 0.4) is 0 Å². The predicted molar refractivity (Wildman–Crippen MR) is 77.2 cm³/mol. The van der Waals surface area contributed by atoms with Gasteiger partial charge in [0.1, 0.15) is 6.04 Å². The second kappa shape index (κ2) is 5.94. The summed E-state index contributed by atoms with van der Waals surface area (Å²) in [6.45, 7) is 1.42. The van der Waals surface area contributed by atoms with Crippen LogP contribution in [-0.4, -0.2) is 30.2 Å². The second-order valence-corrected chi connectivity index (χ2v) is 5.84. The van der Waals surface area contributed by atoms with Crippen molar-refractivity contribution in [1.29, 1.82) is 0 Å². The fourth-order valence-corrected chi connectivity index (χ4v) is 3.33. The van der Waals surface area contributed by atoms with Crippen molar-refractivity contribution in [3.8, 4) is 0 Å². The van der Waals surface area contributed by atoms with Crippen LogP contribution in [0, 0.1) is 5.92 Å². The zero-order chi connectivity index (χ0) is 13.9. The van der Waals surface area contributed by atoms with E-state index in [4.69, 9.17) is 0 Å². The predicted octanol–water partition coefficient (Wildman–Crippen LogP) is 1.15. The summed E-state index contributed by atoms with van der Waals surface area (Å²) in [5.74, 6) is 0.244. The molecular weight excluding hydrogens is 252 g/mol. The molecule has 0 radical (unpaired) electrons. The summed E-state index contributed by atoms with van der Waals surface area (Å²) in [4.78, 5) is 12.4. The third-order valence-electron chi connectivity index (χ3n) is 4.53. The molecule has 0 bridgehead atoms. The van der Waals surface area contributed by atoms with Crippen LogP contribution in [-0.2, 0) is 11.2 Å². The highest BCUT2D eigenvalue weighted by Crippen LogP contribution is 2.26. The first-order valence-corrected chi connectivity index (χ1v) is 7.52. The van der Waals surface area contributed by atoms with Gasteiger partial charge >= 0.3 is 0 Å². The highest BCUT2D eigenvalue weighted by Gasteiger charge is 2.29. The highest BCUT2D eigenvalue weighted by molar-refractivity contribution is 5.83. The van der Waals surface area contributed by atoms with Gasteiger partial charge in [-0.25, -0.2) is 0 Å². The van der Waals surface area contributed by atoms with Gasteiger partial charge in [-0.3, -0.25) is 4.79 Å². The van der Waals surface area contributed by atoms with Crippen molar-refractivity contribution in [2.24, 2.45) is 5.92 Å².